The number of aliphatic imine (C=N–C) groups is 1. The lowest BCUT2D eigenvalue weighted by Crippen LogP contribution is -2.43. The van der Waals surface area contributed by atoms with E-state index in [-0.39, 0.29) is 12.5 Å². The summed E-state index contributed by atoms with van der Waals surface area (Å²) in [7, 11) is 5.13. The number of hydrogen-bond acceptors (Lipinski definition) is 3. The largest absolute Gasteiger partial charge is 0.496 e. The van der Waals surface area contributed by atoms with Gasteiger partial charge in [0.25, 0.3) is 0 Å². The lowest BCUT2D eigenvalue weighted by atomic mass is 10.1. The minimum Gasteiger partial charge on any atom is -0.496 e. The molecule has 0 saturated heterocycles. The topological polar surface area (TPSA) is 66.0 Å². The van der Waals surface area contributed by atoms with Crippen molar-refractivity contribution in [1.82, 2.24) is 15.5 Å². The van der Waals surface area contributed by atoms with Crippen LogP contribution in [0.1, 0.15) is 24.5 Å². The van der Waals surface area contributed by atoms with Gasteiger partial charge in [-0.05, 0) is 25.0 Å². The van der Waals surface area contributed by atoms with Gasteiger partial charge < -0.3 is 20.3 Å². The molecular formula is C17H28N4O2. The van der Waals surface area contributed by atoms with Gasteiger partial charge in [-0.1, -0.05) is 19.1 Å². The highest BCUT2D eigenvalue weighted by molar-refractivity contribution is 5.86. The van der Waals surface area contributed by atoms with Crippen molar-refractivity contribution in [3.8, 4) is 5.75 Å². The number of benzene rings is 1. The molecule has 0 radical (unpaired) electrons. The van der Waals surface area contributed by atoms with Crippen molar-refractivity contribution in [3.05, 3.63) is 29.3 Å². The van der Waals surface area contributed by atoms with Crippen molar-refractivity contribution in [2.24, 2.45) is 4.99 Å². The number of nitrogens with zero attached hydrogens (tertiary/aromatic N) is 2. The van der Waals surface area contributed by atoms with E-state index >= 15 is 0 Å². The number of carbonyl (C=O) groups excluding carboxylic acids is 1. The SMILES string of the molecule is CCCNC(=NCc1ccc(C)cc1OC)NCC(=O)N(C)C. The molecule has 0 aliphatic heterocycles. The number of aryl methyl sites for hydroxylation is 1. The number of nitrogens with one attached hydrogen (secondary N) is 2. The van der Waals surface area contributed by atoms with E-state index in [9.17, 15) is 4.79 Å². The molecule has 0 unspecified atom stereocenters. The Kier molecular flexibility index (Phi) is 7.94. The molecule has 1 amide bonds. The standard InChI is InChI=1S/C17H28N4O2/c1-6-9-18-17(20-12-16(22)21(3)4)19-11-14-8-7-13(2)10-15(14)23-5/h7-8,10H,6,9,11-12H2,1-5H3,(H2,18,19,20). The Hall–Kier alpha value is -2.24. The monoisotopic (exact) mass is 320 g/mol. The van der Waals surface area contributed by atoms with E-state index in [0.717, 1.165) is 29.8 Å². The van der Waals surface area contributed by atoms with E-state index in [1.165, 1.54) is 0 Å². The first-order chi connectivity index (χ1) is 11.0. The fraction of sp³-hybridized carbons (Fsp3) is 0.529. The predicted octanol–water partition coefficient (Wildman–Crippen LogP) is 1.54. The molecule has 0 fully saturated rings. The van der Waals surface area contributed by atoms with Crippen molar-refractivity contribution >= 4 is 11.9 Å². The number of amides is 1. The molecule has 6 nitrogen and oxygen atoms in total. The van der Waals surface area contributed by atoms with Crippen LogP contribution >= 0.6 is 0 Å². The summed E-state index contributed by atoms with van der Waals surface area (Å²) in [6.45, 7) is 5.61. The molecule has 6 heteroatoms. The highest BCUT2D eigenvalue weighted by atomic mass is 16.5. The Labute approximate surface area is 138 Å². The maximum absolute atomic E-state index is 11.7. The number of ether oxygens (including phenoxy) is 1. The number of methoxy groups -OCH3 is 1. The van der Waals surface area contributed by atoms with Crippen molar-refractivity contribution < 1.29 is 9.53 Å². The summed E-state index contributed by atoms with van der Waals surface area (Å²) in [6, 6.07) is 6.04. The van der Waals surface area contributed by atoms with Gasteiger partial charge in [0.1, 0.15) is 5.75 Å². The number of carbonyl (C=O) groups is 1. The van der Waals surface area contributed by atoms with Gasteiger partial charge in [0, 0.05) is 26.2 Å². The summed E-state index contributed by atoms with van der Waals surface area (Å²) in [5.74, 6) is 1.46. The van der Waals surface area contributed by atoms with Crippen LogP contribution in [0.5, 0.6) is 5.75 Å². The Balaban J connectivity index is 2.77. The van der Waals surface area contributed by atoms with Crippen LogP contribution in [0, 0.1) is 6.92 Å². The first kappa shape index (κ1) is 18.8. The molecule has 0 spiro atoms. The predicted molar refractivity (Wildman–Crippen MR) is 93.9 cm³/mol. The average molecular weight is 320 g/mol. The molecule has 2 N–H and O–H groups in total. The summed E-state index contributed by atoms with van der Waals surface area (Å²) in [4.78, 5) is 17.8. The number of guanidine groups is 1. The summed E-state index contributed by atoms with van der Waals surface area (Å²) >= 11 is 0. The summed E-state index contributed by atoms with van der Waals surface area (Å²) in [5, 5.41) is 6.27. The van der Waals surface area contributed by atoms with Crippen LogP contribution < -0.4 is 15.4 Å². The zero-order valence-corrected chi connectivity index (χ0v) is 14.8. The normalized spacial score (nSPS) is 11.1. The molecule has 0 aliphatic carbocycles. The van der Waals surface area contributed by atoms with Gasteiger partial charge in [0.15, 0.2) is 5.96 Å². The van der Waals surface area contributed by atoms with E-state index in [0.29, 0.717) is 12.5 Å². The van der Waals surface area contributed by atoms with Crippen LogP contribution in [0.15, 0.2) is 23.2 Å². The third-order valence-electron chi connectivity index (χ3n) is 3.30. The Morgan fingerprint density at radius 2 is 2.04 bits per heavy atom. The summed E-state index contributed by atoms with van der Waals surface area (Å²) in [5.41, 5.74) is 2.16. The molecule has 0 aromatic heterocycles. The molecule has 0 heterocycles. The Bertz CT molecular complexity index is 541. The van der Waals surface area contributed by atoms with Gasteiger partial charge >= 0.3 is 0 Å². The number of likely N-dealkylation sites (N-methyl/N-ethyl adjacent to an activating group) is 1. The molecule has 128 valence electrons. The Morgan fingerprint density at radius 3 is 2.65 bits per heavy atom. The zero-order chi connectivity index (χ0) is 17.2. The number of hydrogen-bond donors (Lipinski definition) is 2. The average Bonchev–Trinajstić information content (AvgIpc) is 2.54. The maximum Gasteiger partial charge on any atom is 0.241 e. The van der Waals surface area contributed by atoms with Crippen molar-refractivity contribution in [3.63, 3.8) is 0 Å². The quantitative estimate of drug-likeness (QED) is 0.591. The second-order valence-electron chi connectivity index (χ2n) is 5.55. The van der Waals surface area contributed by atoms with E-state index in [2.05, 4.69) is 22.5 Å². The Morgan fingerprint density at radius 1 is 1.30 bits per heavy atom. The van der Waals surface area contributed by atoms with Gasteiger partial charge in [0.2, 0.25) is 5.91 Å². The summed E-state index contributed by atoms with van der Waals surface area (Å²) < 4.78 is 5.40. The third-order valence-corrected chi connectivity index (χ3v) is 3.30. The van der Waals surface area contributed by atoms with Crippen LogP contribution in [-0.2, 0) is 11.3 Å². The van der Waals surface area contributed by atoms with Gasteiger partial charge in [-0.25, -0.2) is 4.99 Å². The van der Waals surface area contributed by atoms with E-state index in [1.54, 1.807) is 26.1 Å². The first-order valence-corrected chi connectivity index (χ1v) is 7.83. The molecular weight excluding hydrogens is 292 g/mol. The first-order valence-electron chi connectivity index (χ1n) is 7.83. The lowest BCUT2D eigenvalue weighted by molar-refractivity contribution is -0.127. The van der Waals surface area contributed by atoms with Crippen LogP contribution in [-0.4, -0.2) is 51.1 Å². The van der Waals surface area contributed by atoms with Crippen molar-refractivity contribution in [2.45, 2.75) is 26.8 Å². The van der Waals surface area contributed by atoms with Gasteiger partial charge in [-0.2, -0.15) is 0 Å². The second-order valence-corrected chi connectivity index (χ2v) is 5.55. The van der Waals surface area contributed by atoms with E-state index < -0.39 is 0 Å². The number of rotatable bonds is 7. The molecule has 0 atom stereocenters. The maximum atomic E-state index is 11.7. The lowest BCUT2D eigenvalue weighted by Gasteiger charge is -2.15. The fourth-order valence-corrected chi connectivity index (χ4v) is 1.88. The molecule has 1 rings (SSSR count). The van der Waals surface area contributed by atoms with E-state index in [4.69, 9.17) is 4.74 Å². The minimum atomic E-state index is 0.00362. The summed E-state index contributed by atoms with van der Waals surface area (Å²) in [6.07, 6.45) is 0.982. The molecule has 23 heavy (non-hydrogen) atoms. The van der Waals surface area contributed by atoms with Gasteiger partial charge in [0.05, 0.1) is 20.2 Å². The van der Waals surface area contributed by atoms with Gasteiger partial charge in [-0.15, -0.1) is 0 Å². The van der Waals surface area contributed by atoms with Crippen LogP contribution in [0.4, 0.5) is 0 Å². The van der Waals surface area contributed by atoms with Crippen LogP contribution in [0.2, 0.25) is 0 Å². The molecule has 0 bridgehead atoms. The van der Waals surface area contributed by atoms with Crippen LogP contribution in [0.3, 0.4) is 0 Å². The molecule has 1 aromatic carbocycles. The molecule has 1 aromatic rings. The second kappa shape index (κ2) is 9.71. The van der Waals surface area contributed by atoms with Crippen molar-refractivity contribution in [1.29, 1.82) is 0 Å². The molecule has 0 aliphatic rings. The van der Waals surface area contributed by atoms with Crippen LogP contribution in [0.25, 0.3) is 0 Å². The highest BCUT2D eigenvalue weighted by Gasteiger charge is 2.07. The van der Waals surface area contributed by atoms with Crippen molar-refractivity contribution in [2.75, 3.05) is 34.3 Å². The third kappa shape index (κ3) is 6.59. The van der Waals surface area contributed by atoms with Gasteiger partial charge in [-0.3, -0.25) is 4.79 Å². The zero-order valence-electron chi connectivity index (χ0n) is 14.8. The smallest absolute Gasteiger partial charge is 0.241 e. The fourth-order valence-electron chi connectivity index (χ4n) is 1.88. The highest BCUT2D eigenvalue weighted by Crippen LogP contribution is 2.20. The van der Waals surface area contributed by atoms with E-state index in [1.807, 2.05) is 25.1 Å². The minimum absolute atomic E-state index is 0.00362. The molecule has 0 saturated carbocycles.